The number of hydrogen-bond acceptors (Lipinski definition) is 4. The number of aromatic nitrogens is 2. The highest BCUT2D eigenvalue weighted by Gasteiger charge is 2.54. The highest BCUT2D eigenvalue weighted by Crippen LogP contribution is 2.42. The van der Waals surface area contributed by atoms with Crippen molar-refractivity contribution in [3.63, 3.8) is 0 Å². The van der Waals surface area contributed by atoms with Gasteiger partial charge in [0.05, 0.1) is 12.2 Å². The summed E-state index contributed by atoms with van der Waals surface area (Å²) in [6, 6.07) is 1.31. The quantitative estimate of drug-likeness (QED) is 0.892. The second-order valence-electron chi connectivity index (χ2n) is 6.17. The minimum absolute atomic E-state index is 0.00614. The number of carbonyl (C=O) groups excluding carboxylic acids is 2. The number of rotatable bonds is 3. The lowest BCUT2D eigenvalue weighted by atomic mass is 9.89. The molecule has 2 amide bonds. The monoisotopic (exact) mass is 288 g/mol. The molecule has 1 N–H and O–H groups in total. The molecule has 21 heavy (non-hydrogen) atoms. The van der Waals surface area contributed by atoms with E-state index < -0.39 is 11.6 Å². The Morgan fingerprint density at radius 2 is 2.14 bits per heavy atom. The smallest absolute Gasteiger partial charge is 0.249 e. The van der Waals surface area contributed by atoms with E-state index in [9.17, 15) is 9.59 Å². The van der Waals surface area contributed by atoms with Crippen LogP contribution in [-0.4, -0.2) is 38.3 Å². The van der Waals surface area contributed by atoms with E-state index >= 15 is 0 Å². The first-order chi connectivity index (χ1) is 9.91. The van der Waals surface area contributed by atoms with Gasteiger partial charge in [0.15, 0.2) is 0 Å². The molecular weight excluding hydrogens is 268 g/mol. The summed E-state index contributed by atoms with van der Waals surface area (Å²) in [6.45, 7) is 5.76. The Bertz CT molecular complexity index is 599. The third-order valence-corrected chi connectivity index (χ3v) is 4.49. The summed E-state index contributed by atoms with van der Waals surface area (Å²) >= 11 is 0. The van der Waals surface area contributed by atoms with Gasteiger partial charge in [-0.05, 0) is 45.6 Å². The van der Waals surface area contributed by atoms with E-state index in [4.69, 9.17) is 0 Å². The van der Waals surface area contributed by atoms with Crippen LogP contribution in [0.3, 0.4) is 0 Å². The molecule has 112 valence electrons. The lowest BCUT2D eigenvalue weighted by Gasteiger charge is -2.43. The lowest BCUT2D eigenvalue weighted by molar-refractivity contribution is -0.155. The zero-order chi connectivity index (χ0) is 15.2. The number of carbonyl (C=O) groups is 2. The van der Waals surface area contributed by atoms with Gasteiger partial charge in [0, 0.05) is 6.20 Å². The second kappa shape index (κ2) is 4.79. The maximum Gasteiger partial charge on any atom is 0.249 e. The van der Waals surface area contributed by atoms with Crippen LogP contribution in [0, 0.1) is 12.8 Å². The molecule has 2 fully saturated rings. The van der Waals surface area contributed by atoms with Gasteiger partial charge in [-0.25, -0.2) is 9.97 Å². The Morgan fingerprint density at radius 1 is 1.43 bits per heavy atom. The number of nitrogens with one attached hydrogen (secondary N) is 1. The maximum atomic E-state index is 12.8. The van der Waals surface area contributed by atoms with Gasteiger partial charge in [-0.1, -0.05) is 0 Å². The van der Waals surface area contributed by atoms with Crippen LogP contribution in [0.5, 0.6) is 0 Å². The van der Waals surface area contributed by atoms with Crippen molar-refractivity contribution in [2.75, 3.05) is 0 Å². The summed E-state index contributed by atoms with van der Waals surface area (Å²) in [5, 5.41) is 2.92. The first-order valence-electron chi connectivity index (χ1n) is 7.33. The Hall–Kier alpha value is -1.98. The molecule has 1 aliphatic heterocycles. The van der Waals surface area contributed by atoms with Crippen molar-refractivity contribution in [1.29, 1.82) is 0 Å². The molecule has 1 aliphatic carbocycles. The fraction of sp³-hybridized carbons (Fsp3) is 0.600. The zero-order valence-corrected chi connectivity index (χ0v) is 12.6. The average molecular weight is 288 g/mol. The summed E-state index contributed by atoms with van der Waals surface area (Å²) in [5.74, 6) is 0.832. The van der Waals surface area contributed by atoms with Crippen LogP contribution in [0.4, 0.5) is 0 Å². The summed E-state index contributed by atoms with van der Waals surface area (Å²) in [7, 11) is 0. The minimum Gasteiger partial charge on any atom is -0.340 e. The van der Waals surface area contributed by atoms with E-state index in [1.807, 2.05) is 13.8 Å². The third-order valence-electron chi connectivity index (χ3n) is 4.49. The largest absolute Gasteiger partial charge is 0.340 e. The maximum absolute atomic E-state index is 12.8. The molecule has 0 radical (unpaired) electrons. The highest BCUT2D eigenvalue weighted by atomic mass is 16.2. The second-order valence-corrected chi connectivity index (χ2v) is 6.17. The van der Waals surface area contributed by atoms with Crippen LogP contribution >= 0.6 is 0 Å². The lowest BCUT2D eigenvalue weighted by Crippen LogP contribution is -2.69. The molecule has 2 unspecified atom stereocenters. The van der Waals surface area contributed by atoms with Crippen molar-refractivity contribution < 1.29 is 9.59 Å². The highest BCUT2D eigenvalue weighted by molar-refractivity contribution is 5.99. The van der Waals surface area contributed by atoms with Gasteiger partial charge in [0.25, 0.3) is 0 Å². The van der Waals surface area contributed by atoms with Crippen LogP contribution < -0.4 is 5.32 Å². The predicted octanol–water partition coefficient (Wildman–Crippen LogP) is 0.801. The summed E-state index contributed by atoms with van der Waals surface area (Å²) in [6.07, 6.45) is 3.67. The molecule has 1 saturated carbocycles. The molecule has 1 aromatic rings. The van der Waals surface area contributed by atoms with Gasteiger partial charge >= 0.3 is 0 Å². The molecule has 0 aromatic carbocycles. The summed E-state index contributed by atoms with van der Waals surface area (Å²) in [5.41, 5.74) is 0.00150. The average Bonchev–Trinajstić information content (AvgIpc) is 3.26. The van der Waals surface area contributed by atoms with Crippen molar-refractivity contribution in [3.05, 3.63) is 23.8 Å². The summed E-state index contributed by atoms with van der Waals surface area (Å²) < 4.78 is 0. The van der Waals surface area contributed by atoms with Gasteiger partial charge in [0.2, 0.25) is 11.8 Å². The normalized spacial score (nSPS) is 29.5. The number of hydrogen-bond donors (Lipinski definition) is 1. The van der Waals surface area contributed by atoms with Crippen LogP contribution in [-0.2, 0) is 16.1 Å². The number of aryl methyl sites for hydroxylation is 1. The van der Waals surface area contributed by atoms with Crippen LogP contribution in [0.25, 0.3) is 0 Å². The molecule has 2 aliphatic rings. The van der Waals surface area contributed by atoms with Crippen molar-refractivity contribution >= 4 is 11.8 Å². The van der Waals surface area contributed by atoms with E-state index in [1.165, 1.54) is 0 Å². The van der Waals surface area contributed by atoms with Crippen molar-refractivity contribution in [2.24, 2.45) is 5.92 Å². The fourth-order valence-corrected chi connectivity index (χ4v) is 2.94. The van der Waals surface area contributed by atoms with E-state index in [0.717, 1.165) is 18.5 Å². The molecule has 0 spiro atoms. The first kappa shape index (κ1) is 14.0. The van der Waals surface area contributed by atoms with Crippen LogP contribution in [0.2, 0.25) is 0 Å². The fourth-order valence-electron chi connectivity index (χ4n) is 2.94. The van der Waals surface area contributed by atoms with Crippen molar-refractivity contribution in [1.82, 2.24) is 20.2 Å². The van der Waals surface area contributed by atoms with E-state index in [0.29, 0.717) is 12.4 Å². The Morgan fingerprint density at radius 3 is 2.76 bits per heavy atom. The third kappa shape index (κ3) is 2.39. The van der Waals surface area contributed by atoms with Crippen molar-refractivity contribution in [2.45, 2.75) is 51.7 Å². The Kier molecular flexibility index (Phi) is 3.19. The SMILES string of the molecule is Cc1nccc(CN2C(=O)C(C)(C3CC3)NC(=O)C2C)n1. The summed E-state index contributed by atoms with van der Waals surface area (Å²) in [4.78, 5) is 35.1. The molecule has 2 heterocycles. The molecular formula is C15H20N4O2. The van der Waals surface area contributed by atoms with Crippen molar-refractivity contribution in [3.8, 4) is 0 Å². The molecule has 0 bridgehead atoms. The van der Waals surface area contributed by atoms with Gasteiger partial charge in [-0.2, -0.15) is 0 Å². The molecule has 1 aromatic heterocycles. The molecule has 2 atom stereocenters. The van der Waals surface area contributed by atoms with Gasteiger partial charge in [-0.3, -0.25) is 9.59 Å². The minimum atomic E-state index is -0.758. The van der Waals surface area contributed by atoms with E-state index in [2.05, 4.69) is 15.3 Å². The molecule has 1 saturated heterocycles. The predicted molar refractivity (Wildman–Crippen MR) is 76.1 cm³/mol. The van der Waals surface area contributed by atoms with E-state index in [-0.39, 0.29) is 17.7 Å². The topological polar surface area (TPSA) is 75.2 Å². The molecule has 6 nitrogen and oxygen atoms in total. The first-order valence-corrected chi connectivity index (χ1v) is 7.33. The Balaban J connectivity index is 1.87. The zero-order valence-electron chi connectivity index (χ0n) is 12.6. The van der Waals surface area contributed by atoms with Crippen LogP contribution in [0.15, 0.2) is 12.3 Å². The van der Waals surface area contributed by atoms with Gasteiger partial charge in [0.1, 0.15) is 17.4 Å². The Labute approximate surface area is 124 Å². The number of piperazine rings is 1. The standard InChI is InChI=1S/C15H20N4O2/c1-9-13(20)18-15(3,11-4-5-11)14(21)19(9)8-12-6-7-16-10(2)17-12/h6-7,9,11H,4-5,8H2,1-3H3,(H,18,20). The number of nitrogens with zero attached hydrogens (tertiary/aromatic N) is 3. The molecule has 3 rings (SSSR count). The number of amides is 2. The van der Waals surface area contributed by atoms with E-state index in [1.54, 1.807) is 24.1 Å². The van der Waals surface area contributed by atoms with Gasteiger partial charge < -0.3 is 10.2 Å². The van der Waals surface area contributed by atoms with Gasteiger partial charge in [-0.15, -0.1) is 0 Å². The van der Waals surface area contributed by atoms with Crippen LogP contribution in [0.1, 0.15) is 38.2 Å². The molecule has 6 heteroatoms.